The van der Waals surface area contributed by atoms with Gasteiger partial charge in [-0.15, -0.1) is 0 Å². The van der Waals surface area contributed by atoms with E-state index in [-0.39, 0.29) is 5.69 Å². The Hall–Kier alpha value is -0.680. The molecule has 5 heteroatoms. The van der Waals surface area contributed by atoms with Gasteiger partial charge < -0.3 is 5.32 Å². The van der Waals surface area contributed by atoms with Crippen LogP contribution in [-0.4, -0.2) is 22.6 Å². The van der Waals surface area contributed by atoms with Gasteiger partial charge in [-0.1, -0.05) is 6.92 Å². The van der Waals surface area contributed by atoms with Crippen molar-refractivity contribution in [1.29, 1.82) is 0 Å². The number of hydrogen-bond acceptors (Lipinski definition) is 3. The summed E-state index contributed by atoms with van der Waals surface area (Å²) in [5.41, 5.74) is 1.59. The van der Waals surface area contributed by atoms with E-state index in [4.69, 9.17) is 0 Å². The van der Waals surface area contributed by atoms with Crippen molar-refractivity contribution in [2.75, 3.05) is 13.1 Å². The van der Waals surface area contributed by atoms with Crippen LogP contribution in [0.1, 0.15) is 37.6 Å². The maximum absolute atomic E-state index is 11.8. The summed E-state index contributed by atoms with van der Waals surface area (Å²) in [4.78, 5) is 15.8. The third-order valence-electron chi connectivity index (χ3n) is 2.95. The van der Waals surface area contributed by atoms with Crippen LogP contribution in [-0.2, 0) is 6.54 Å². The second-order valence-corrected chi connectivity index (χ2v) is 5.28. The van der Waals surface area contributed by atoms with E-state index in [9.17, 15) is 4.79 Å². The molecule has 0 amide bonds. The fraction of sp³-hybridized carbons (Fsp3) is 0.692. The van der Waals surface area contributed by atoms with Crippen LogP contribution in [0, 0.1) is 13.8 Å². The van der Waals surface area contributed by atoms with Crippen LogP contribution in [0.15, 0.2) is 9.27 Å². The number of halogens is 1. The summed E-state index contributed by atoms with van der Waals surface area (Å²) in [5.74, 6) is 0. The minimum atomic E-state index is -0.144. The molecule has 1 aromatic heterocycles. The summed E-state index contributed by atoms with van der Waals surface area (Å²) >= 11 is 3.47. The summed E-state index contributed by atoms with van der Waals surface area (Å²) in [6, 6.07) is 0. The topological polar surface area (TPSA) is 46.9 Å². The van der Waals surface area contributed by atoms with Crippen molar-refractivity contribution < 1.29 is 0 Å². The molecule has 0 aliphatic rings. The summed E-state index contributed by atoms with van der Waals surface area (Å²) in [6.45, 7) is 8.78. The first kappa shape index (κ1) is 15.4. The highest BCUT2D eigenvalue weighted by Crippen LogP contribution is 2.16. The standard InChI is InChI=1S/C13H22BrN3O/c1-4-7-15-8-5-6-9-17-11(3)12(14)10(2)16-13(17)18/h15H,4-9H2,1-3H3. The van der Waals surface area contributed by atoms with Crippen LogP contribution in [0.4, 0.5) is 0 Å². The zero-order valence-corrected chi connectivity index (χ0v) is 13.0. The molecule has 0 spiro atoms. The van der Waals surface area contributed by atoms with Crippen LogP contribution in [0.5, 0.6) is 0 Å². The molecule has 0 radical (unpaired) electrons. The number of hydrogen-bond donors (Lipinski definition) is 1. The van der Waals surface area contributed by atoms with Gasteiger partial charge in [0.15, 0.2) is 0 Å². The van der Waals surface area contributed by atoms with Crippen LogP contribution < -0.4 is 11.0 Å². The zero-order chi connectivity index (χ0) is 13.5. The first-order chi connectivity index (χ1) is 8.57. The number of aryl methyl sites for hydroxylation is 1. The summed E-state index contributed by atoms with van der Waals surface area (Å²) in [7, 11) is 0. The van der Waals surface area contributed by atoms with Gasteiger partial charge in [-0.3, -0.25) is 4.57 Å². The molecule has 1 rings (SSSR count). The van der Waals surface area contributed by atoms with Crippen molar-refractivity contribution in [2.45, 2.75) is 46.6 Å². The Morgan fingerprint density at radius 2 is 2.00 bits per heavy atom. The molecule has 0 saturated heterocycles. The Bertz CT molecular complexity index is 443. The minimum absolute atomic E-state index is 0.144. The smallest absolute Gasteiger partial charge is 0.317 e. The lowest BCUT2D eigenvalue weighted by Crippen LogP contribution is -2.27. The van der Waals surface area contributed by atoms with E-state index >= 15 is 0 Å². The Morgan fingerprint density at radius 1 is 1.28 bits per heavy atom. The van der Waals surface area contributed by atoms with Crippen LogP contribution in [0.3, 0.4) is 0 Å². The SMILES string of the molecule is CCCNCCCCn1c(C)c(Br)c(C)nc1=O. The monoisotopic (exact) mass is 315 g/mol. The first-order valence-electron chi connectivity index (χ1n) is 6.52. The Morgan fingerprint density at radius 3 is 2.67 bits per heavy atom. The van der Waals surface area contributed by atoms with Crippen LogP contribution >= 0.6 is 15.9 Å². The van der Waals surface area contributed by atoms with Gasteiger partial charge in [-0.25, -0.2) is 4.79 Å². The van der Waals surface area contributed by atoms with Crippen molar-refractivity contribution >= 4 is 15.9 Å². The molecule has 0 atom stereocenters. The van der Waals surface area contributed by atoms with E-state index in [0.717, 1.165) is 54.8 Å². The summed E-state index contributed by atoms with van der Waals surface area (Å²) < 4.78 is 2.68. The van der Waals surface area contributed by atoms with E-state index in [1.807, 2.05) is 13.8 Å². The van der Waals surface area contributed by atoms with E-state index < -0.39 is 0 Å². The van der Waals surface area contributed by atoms with Crippen LogP contribution in [0.2, 0.25) is 0 Å². The number of rotatable bonds is 7. The van der Waals surface area contributed by atoms with E-state index in [1.165, 1.54) is 0 Å². The molecule has 0 unspecified atom stereocenters. The third kappa shape index (κ3) is 4.21. The predicted molar refractivity (Wildman–Crippen MR) is 78.1 cm³/mol. The molecule has 18 heavy (non-hydrogen) atoms. The highest BCUT2D eigenvalue weighted by atomic mass is 79.9. The van der Waals surface area contributed by atoms with Gasteiger partial charge in [0.05, 0.1) is 10.2 Å². The largest absolute Gasteiger partial charge is 0.348 e. The fourth-order valence-corrected chi connectivity index (χ4v) is 2.16. The average Bonchev–Trinajstić information content (AvgIpc) is 2.34. The zero-order valence-electron chi connectivity index (χ0n) is 11.4. The lowest BCUT2D eigenvalue weighted by atomic mass is 10.3. The van der Waals surface area contributed by atoms with Gasteiger partial charge in [0.25, 0.3) is 0 Å². The molecule has 0 aromatic carbocycles. The number of nitrogens with one attached hydrogen (secondary N) is 1. The van der Waals surface area contributed by atoms with Gasteiger partial charge >= 0.3 is 5.69 Å². The van der Waals surface area contributed by atoms with Gasteiger partial charge in [-0.2, -0.15) is 4.98 Å². The Labute approximate surface area is 117 Å². The lowest BCUT2D eigenvalue weighted by Gasteiger charge is -2.12. The van der Waals surface area contributed by atoms with Crippen molar-refractivity contribution in [2.24, 2.45) is 0 Å². The maximum Gasteiger partial charge on any atom is 0.348 e. The van der Waals surface area contributed by atoms with Crippen molar-refractivity contribution in [3.05, 3.63) is 26.3 Å². The van der Waals surface area contributed by atoms with Gasteiger partial charge in [0.1, 0.15) is 0 Å². The molecule has 1 aromatic rings. The molecule has 0 saturated carbocycles. The maximum atomic E-state index is 11.8. The highest BCUT2D eigenvalue weighted by molar-refractivity contribution is 9.10. The Kier molecular flexibility index (Phi) is 6.57. The summed E-state index contributed by atoms with van der Waals surface area (Å²) in [5, 5.41) is 3.36. The van der Waals surface area contributed by atoms with Gasteiger partial charge in [0, 0.05) is 12.2 Å². The first-order valence-corrected chi connectivity index (χ1v) is 7.31. The van der Waals surface area contributed by atoms with Crippen molar-refractivity contribution in [3.63, 3.8) is 0 Å². The van der Waals surface area contributed by atoms with Crippen LogP contribution in [0.25, 0.3) is 0 Å². The van der Waals surface area contributed by atoms with E-state index in [0.29, 0.717) is 0 Å². The van der Waals surface area contributed by atoms with E-state index in [2.05, 4.69) is 33.2 Å². The molecule has 1 heterocycles. The molecule has 0 bridgehead atoms. The molecule has 0 aliphatic carbocycles. The second-order valence-electron chi connectivity index (χ2n) is 4.49. The Balaban J connectivity index is 2.53. The molecular formula is C13H22BrN3O. The lowest BCUT2D eigenvalue weighted by molar-refractivity contribution is 0.541. The number of nitrogens with zero attached hydrogens (tertiary/aromatic N) is 2. The molecule has 1 N–H and O–H groups in total. The van der Waals surface area contributed by atoms with Gasteiger partial charge in [0.2, 0.25) is 0 Å². The summed E-state index contributed by atoms with van der Waals surface area (Å²) in [6.07, 6.45) is 3.24. The normalized spacial score (nSPS) is 10.9. The molecular weight excluding hydrogens is 294 g/mol. The number of unbranched alkanes of at least 4 members (excludes halogenated alkanes) is 1. The van der Waals surface area contributed by atoms with E-state index in [1.54, 1.807) is 4.57 Å². The second kappa shape index (κ2) is 7.69. The molecule has 4 nitrogen and oxygen atoms in total. The predicted octanol–water partition coefficient (Wildman–Crippen LogP) is 2.40. The number of aromatic nitrogens is 2. The highest BCUT2D eigenvalue weighted by Gasteiger charge is 2.08. The molecule has 0 aliphatic heterocycles. The fourth-order valence-electron chi connectivity index (χ4n) is 1.86. The van der Waals surface area contributed by atoms with Gasteiger partial charge in [-0.05, 0) is 62.1 Å². The minimum Gasteiger partial charge on any atom is -0.317 e. The van der Waals surface area contributed by atoms with Crippen molar-refractivity contribution in [3.8, 4) is 0 Å². The quantitative estimate of drug-likeness (QED) is 0.786. The average molecular weight is 316 g/mol. The molecule has 102 valence electrons. The van der Waals surface area contributed by atoms with Crippen molar-refractivity contribution in [1.82, 2.24) is 14.9 Å². The molecule has 0 fully saturated rings. The third-order valence-corrected chi connectivity index (χ3v) is 4.09.